The van der Waals surface area contributed by atoms with Crippen LogP contribution in [0.4, 0.5) is 17.1 Å². The number of fused-ring (bicyclic) bond motifs is 11. The van der Waals surface area contributed by atoms with E-state index in [-0.39, 0.29) is 10.8 Å². The van der Waals surface area contributed by atoms with E-state index in [1.165, 1.54) is 130 Å². The summed E-state index contributed by atoms with van der Waals surface area (Å²) in [6.45, 7) is 0. The Labute approximate surface area is 347 Å². The van der Waals surface area contributed by atoms with E-state index >= 15 is 0 Å². The van der Waals surface area contributed by atoms with Gasteiger partial charge in [0, 0.05) is 44.4 Å². The number of rotatable bonds is 4. The van der Waals surface area contributed by atoms with Gasteiger partial charge >= 0.3 is 0 Å². The maximum atomic E-state index is 2.60. The van der Waals surface area contributed by atoms with E-state index < -0.39 is 0 Å². The van der Waals surface area contributed by atoms with Gasteiger partial charge in [-0.15, -0.1) is 0 Å². The molecule has 7 aliphatic rings. The van der Waals surface area contributed by atoms with Crippen LogP contribution < -0.4 is 4.90 Å². The van der Waals surface area contributed by atoms with Crippen molar-refractivity contribution in [3.05, 3.63) is 180 Å². The van der Waals surface area contributed by atoms with Gasteiger partial charge in [-0.05, 0) is 168 Å². The Kier molecular flexibility index (Phi) is 6.65. The highest BCUT2D eigenvalue weighted by atomic mass is 15.1. The molecule has 15 rings (SSSR count). The van der Waals surface area contributed by atoms with E-state index in [4.69, 9.17) is 0 Å². The van der Waals surface area contributed by atoms with E-state index in [1.807, 2.05) is 0 Å². The summed E-state index contributed by atoms with van der Waals surface area (Å²) in [5.41, 5.74) is 19.7. The molecule has 0 saturated heterocycles. The second-order valence-corrected chi connectivity index (χ2v) is 19.2. The molecule has 5 saturated carbocycles. The summed E-state index contributed by atoms with van der Waals surface area (Å²) in [6.07, 6.45) is 12.1. The predicted octanol–water partition coefficient (Wildman–Crippen LogP) is 14.8. The lowest BCUT2D eigenvalue weighted by Crippen LogP contribution is -2.55. The van der Waals surface area contributed by atoms with Gasteiger partial charge in [0.1, 0.15) is 0 Å². The standard InChI is InChI=1S/C57H48N2/c1-5-18-50-44(14-1)46-24-22-43(35-53(46)56(50)26-9-10-27-56)58(40-12-11-13-41(33-40)59-54-20-7-3-16-47(54)48-17-4-8-21-55(48)59)42-23-25-52-49(34-42)45-15-2-6-19-51(45)57(52)38-29-36-28-37(31-38)32-39(57)30-36/h1-8,11-25,33-39H,9-10,26-32H2. The van der Waals surface area contributed by atoms with Crippen LogP contribution in [0.3, 0.4) is 0 Å². The third kappa shape index (κ3) is 4.27. The van der Waals surface area contributed by atoms with Crippen molar-refractivity contribution in [2.45, 2.75) is 68.6 Å². The van der Waals surface area contributed by atoms with Crippen molar-refractivity contribution in [1.82, 2.24) is 4.57 Å². The Hall–Kier alpha value is -5.86. The molecule has 59 heavy (non-hydrogen) atoms. The van der Waals surface area contributed by atoms with Gasteiger partial charge < -0.3 is 9.47 Å². The number of para-hydroxylation sites is 2. The number of nitrogens with zero attached hydrogens (tertiary/aromatic N) is 2. The summed E-state index contributed by atoms with van der Waals surface area (Å²) < 4.78 is 2.47. The minimum absolute atomic E-state index is 0.0984. The number of hydrogen-bond donors (Lipinski definition) is 0. The molecule has 4 bridgehead atoms. The minimum Gasteiger partial charge on any atom is -0.310 e. The molecule has 7 aromatic carbocycles. The summed E-state index contributed by atoms with van der Waals surface area (Å²) in [5, 5.41) is 2.59. The maximum absolute atomic E-state index is 2.60. The van der Waals surface area contributed by atoms with Gasteiger partial charge in [-0.2, -0.15) is 0 Å². The largest absolute Gasteiger partial charge is 0.310 e. The lowest BCUT2D eigenvalue weighted by atomic mass is 9.43. The highest BCUT2D eigenvalue weighted by Crippen LogP contribution is 2.69. The van der Waals surface area contributed by atoms with Crippen molar-refractivity contribution < 1.29 is 0 Å². The fourth-order valence-corrected chi connectivity index (χ4v) is 14.8. The van der Waals surface area contributed by atoms with E-state index in [1.54, 1.807) is 16.7 Å². The highest BCUT2D eigenvalue weighted by molar-refractivity contribution is 6.09. The Morgan fingerprint density at radius 1 is 0.424 bits per heavy atom. The molecule has 0 radical (unpaired) electrons. The van der Waals surface area contributed by atoms with Crippen molar-refractivity contribution in [1.29, 1.82) is 0 Å². The van der Waals surface area contributed by atoms with Crippen molar-refractivity contribution in [3.63, 3.8) is 0 Å². The quantitative estimate of drug-likeness (QED) is 0.173. The molecule has 5 fully saturated rings. The average Bonchev–Trinajstić information content (AvgIpc) is 4.04. The topological polar surface area (TPSA) is 8.17 Å². The Bertz CT molecular complexity index is 2960. The first kappa shape index (κ1) is 33.0. The van der Waals surface area contributed by atoms with Crippen LogP contribution in [0.15, 0.2) is 158 Å². The normalized spacial score (nSPS) is 24.9. The third-order valence-electron chi connectivity index (χ3n) is 16.7. The number of benzene rings is 7. The zero-order chi connectivity index (χ0) is 38.5. The van der Waals surface area contributed by atoms with Gasteiger partial charge in [-0.1, -0.05) is 116 Å². The summed E-state index contributed by atoms with van der Waals surface area (Å²) in [6, 6.07) is 61.1. The first-order valence-electron chi connectivity index (χ1n) is 22.6. The molecule has 2 heteroatoms. The molecule has 286 valence electrons. The number of hydrogen-bond acceptors (Lipinski definition) is 1. The molecule has 7 aliphatic carbocycles. The van der Waals surface area contributed by atoms with Crippen LogP contribution in [0.5, 0.6) is 0 Å². The molecular weight excluding hydrogens is 713 g/mol. The molecule has 8 aromatic rings. The third-order valence-corrected chi connectivity index (χ3v) is 16.7. The van der Waals surface area contributed by atoms with Gasteiger partial charge in [-0.3, -0.25) is 0 Å². The zero-order valence-electron chi connectivity index (χ0n) is 33.6. The number of aromatic nitrogens is 1. The Morgan fingerprint density at radius 2 is 0.983 bits per heavy atom. The molecule has 2 nitrogen and oxygen atoms in total. The van der Waals surface area contributed by atoms with E-state index in [9.17, 15) is 0 Å². The van der Waals surface area contributed by atoms with E-state index in [2.05, 4.69) is 167 Å². The van der Waals surface area contributed by atoms with Crippen LogP contribution in [0.25, 0.3) is 49.7 Å². The van der Waals surface area contributed by atoms with Gasteiger partial charge in [0.2, 0.25) is 0 Å². The Morgan fingerprint density at radius 3 is 1.71 bits per heavy atom. The van der Waals surface area contributed by atoms with Crippen molar-refractivity contribution >= 4 is 38.9 Å². The van der Waals surface area contributed by atoms with Crippen LogP contribution >= 0.6 is 0 Å². The maximum Gasteiger partial charge on any atom is 0.0541 e. The first-order chi connectivity index (χ1) is 29.2. The minimum atomic E-state index is 0.0984. The van der Waals surface area contributed by atoms with Gasteiger partial charge in [0.15, 0.2) is 0 Å². The van der Waals surface area contributed by atoms with Crippen LogP contribution in [0.2, 0.25) is 0 Å². The Balaban J connectivity index is 0.990. The lowest BCUT2D eigenvalue weighted by molar-refractivity contribution is -0.0399. The second-order valence-electron chi connectivity index (χ2n) is 19.2. The molecule has 1 aromatic heterocycles. The van der Waals surface area contributed by atoms with Crippen LogP contribution in [0.1, 0.15) is 80.0 Å². The van der Waals surface area contributed by atoms with Crippen LogP contribution in [-0.2, 0) is 10.8 Å². The van der Waals surface area contributed by atoms with Crippen LogP contribution in [0, 0.1) is 23.7 Å². The van der Waals surface area contributed by atoms with E-state index in [0.29, 0.717) is 0 Å². The molecular formula is C57H48N2. The molecule has 0 atom stereocenters. The molecule has 0 aliphatic heterocycles. The van der Waals surface area contributed by atoms with Crippen molar-refractivity contribution in [3.8, 4) is 27.9 Å². The fraction of sp³-hybridized carbons (Fsp3) is 0.263. The van der Waals surface area contributed by atoms with E-state index in [0.717, 1.165) is 23.7 Å². The smallest absolute Gasteiger partial charge is 0.0541 e. The summed E-state index contributed by atoms with van der Waals surface area (Å²) >= 11 is 0. The molecule has 2 spiro atoms. The lowest BCUT2D eigenvalue weighted by Gasteiger charge is -2.61. The van der Waals surface area contributed by atoms with Crippen molar-refractivity contribution in [2.24, 2.45) is 23.7 Å². The highest BCUT2D eigenvalue weighted by Gasteiger charge is 2.61. The van der Waals surface area contributed by atoms with Gasteiger partial charge in [0.25, 0.3) is 0 Å². The summed E-state index contributed by atoms with van der Waals surface area (Å²) in [7, 11) is 0. The van der Waals surface area contributed by atoms with Crippen molar-refractivity contribution in [2.75, 3.05) is 4.90 Å². The van der Waals surface area contributed by atoms with Gasteiger partial charge in [-0.25, -0.2) is 0 Å². The number of anilines is 3. The SMILES string of the molecule is c1cc(N(c2ccc3c(c2)-c2ccccc2C32C3CC4CC(C3)CC2C4)c2ccc3c(c2)C2(CCCC2)c2ccccc2-3)cc(-n2c3ccccc3c3ccccc32)c1. The molecule has 0 N–H and O–H groups in total. The average molecular weight is 761 g/mol. The predicted molar refractivity (Wildman–Crippen MR) is 243 cm³/mol. The summed E-state index contributed by atoms with van der Waals surface area (Å²) in [5.74, 6) is 3.38. The molecule has 1 heterocycles. The second kappa shape index (κ2) is 11.9. The van der Waals surface area contributed by atoms with Crippen LogP contribution in [-0.4, -0.2) is 4.57 Å². The first-order valence-corrected chi connectivity index (χ1v) is 22.6. The monoisotopic (exact) mass is 760 g/mol. The summed E-state index contributed by atoms with van der Waals surface area (Å²) in [4.78, 5) is 2.59. The molecule has 0 amide bonds. The molecule has 0 unspecified atom stereocenters. The van der Waals surface area contributed by atoms with Gasteiger partial charge in [0.05, 0.1) is 11.0 Å². The zero-order valence-corrected chi connectivity index (χ0v) is 33.6. The fourth-order valence-electron chi connectivity index (χ4n) is 14.8.